The Balaban J connectivity index is 1.38. The summed E-state index contributed by atoms with van der Waals surface area (Å²) in [5.74, 6) is 1.94. The van der Waals surface area contributed by atoms with Gasteiger partial charge in [0.1, 0.15) is 11.2 Å². The number of para-hydroxylation sites is 1. The zero-order chi connectivity index (χ0) is 28.3. The first-order chi connectivity index (χ1) is 21.3. The molecule has 9 aromatic rings. The second-order valence-electron chi connectivity index (χ2n) is 10.8. The van der Waals surface area contributed by atoms with Gasteiger partial charge >= 0.3 is 0 Å². The van der Waals surface area contributed by atoms with E-state index in [1.54, 1.807) is 0 Å². The maximum Gasteiger partial charge on any atom is 0.164 e. The summed E-state index contributed by atoms with van der Waals surface area (Å²) < 4.78 is 6.53. The van der Waals surface area contributed by atoms with Crippen LogP contribution in [0.3, 0.4) is 0 Å². The molecule has 0 spiro atoms. The summed E-state index contributed by atoms with van der Waals surface area (Å²) in [5, 5.41) is 9.02. The van der Waals surface area contributed by atoms with Gasteiger partial charge in [0.25, 0.3) is 0 Å². The molecule has 43 heavy (non-hydrogen) atoms. The normalized spacial score (nSPS) is 11.7. The summed E-state index contributed by atoms with van der Waals surface area (Å²) in [6.45, 7) is 0. The molecule has 9 rings (SSSR count). The van der Waals surface area contributed by atoms with Gasteiger partial charge in [0.15, 0.2) is 17.5 Å². The highest BCUT2D eigenvalue weighted by Gasteiger charge is 2.19. The lowest BCUT2D eigenvalue weighted by molar-refractivity contribution is 0.673. The molecule has 4 heteroatoms. The van der Waals surface area contributed by atoms with Gasteiger partial charge in [-0.15, -0.1) is 0 Å². The van der Waals surface area contributed by atoms with Gasteiger partial charge in [0.2, 0.25) is 0 Å². The molecular formula is C39H23N3O. The highest BCUT2D eigenvalue weighted by atomic mass is 16.3. The summed E-state index contributed by atoms with van der Waals surface area (Å²) in [5.41, 5.74) is 4.68. The van der Waals surface area contributed by atoms with Crippen LogP contribution in [-0.4, -0.2) is 15.0 Å². The van der Waals surface area contributed by atoms with Crippen molar-refractivity contribution in [3.63, 3.8) is 0 Å². The number of rotatable bonds is 3. The van der Waals surface area contributed by atoms with Crippen molar-refractivity contribution in [1.82, 2.24) is 15.0 Å². The van der Waals surface area contributed by atoms with E-state index in [9.17, 15) is 0 Å². The fourth-order valence-corrected chi connectivity index (χ4v) is 6.30. The lowest BCUT2D eigenvalue weighted by Gasteiger charge is -2.14. The van der Waals surface area contributed by atoms with Gasteiger partial charge < -0.3 is 4.42 Å². The minimum atomic E-state index is 0.646. The topological polar surface area (TPSA) is 51.8 Å². The van der Waals surface area contributed by atoms with E-state index in [4.69, 9.17) is 19.4 Å². The maximum absolute atomic E-state index is 6.53. The van der Waals surface area contributed by atoms with Crippen LogP contribution in [0.5, 0.6) is 0 Å². The van der Waals surface area contributed by atoms with E-state index in [1.807, 2.05) is 72.8 Å². The molecule has 0 aliphatic heterocycles. The van der Waals surface area contributed by atoms with E-state index in [1.165, 1.54) is 5.39 Å². The van der Waals surface area contributed by atoms with Crippen molar-refractivity contribution in [2.75, 3.05) is 0 Å². The molecule has 4 nitrogen and oxygen atoms in total. The van der Waals surface area contributed by atoms with Crippen molar-refractivity contribution >= 4 is 54.3 Å². The molecule has 2 heterocycles. The minimum Gasteiger partial charge on any atom is -0.455 e. The van der Waals surface area contributed by atoms with Crippen molar-refractivity contribution in [3.05, 3.63) is 140 Å². The smallest absolute Gasteiger partial charge is 0.164 e. The van der Waals surface area contributed by atoms with E-state index in [2.05, 4.69) is 66.7 Å². The molecule has 0 unspecified atom stereocenters. The van der Waals surface area contributed by atoms with Crippen LogP contribution in [0.1, 0.15) is 0 Å². The molecule has 0 amide bonds. The molecule has 7 aromatic carbocycles. The molecule has 0 aliphatic carbocycles. The molecule has 0 N–H and O–H groups in total. The zero-order valence-electron chi connectivity index (χ0n) is 23.0. The predicted octanol–water partition coefficient (Wildman–Crippen LogP) is 10.2. The third-order valence-electron chi connectivity index (χ3n) is 8.29. The number of hydrogen-bond donors (Lipinski definition) is 0. The monoisotopic (exact) mass is 549 g/mol. The standard InChI is InChI=1S/C39H23N3O/c1-3-11-25(12-4-1)37-40-38(26-13-5-2-6-14-26)42-39(41-37)32-23-27-20-19-24-21-22-31-29-16-9-10-18-33(29)43-36(31)35(24)34(27)30-17-8-7-15-28(30)32/h1-23H. The van der Waals surface area contributed by atoms with Crippen molar-refractivity contribution in [1.29, 1.82) is 0 Å². The molecule has 2 aromatic heterocycles. The number of benzene rings is 7. The van der Waals surface area contributed by atoms with Crippen LogP contribution < -0.4 is 0 Å². The predicted molar refractivity (Wildman–Crippen MR) is 176 cm³/mol. The molecule has 0 atom stereocenters. The van der Waals surface area contributed by atoms with Crippen LogP contribution in [0.15, 0.2) is 144 Å². The van der Waals surface area contributed by atoms with Crippen LogP contribution in [0.4, 0.5) is 0 Å². The largest absolute Gasteiger partial charge is 0.455 e. The number of furan rings is 1. The number of fused-ring (bicyclic) bond motifs is 9. The van der Waals surface area contributed by atoms with Crippen molar-refractivity contribution in [2.24, 2.45) is 0 Å². The Bertz CT molecular complexity index is 2440. The average Bonchev–Trinajstić information content (AvgIpc) is 3.47. The lowest BCUT2D eigenvalue weighted by Crippen LogP contribution is -2.00. The van der Waals surface area contributed by atoms with Gasteiger partial charge in [-0.2, -0.15) is 0 Å². The summed E-state index contributed by atoms with van der Waals surface area (Å²) in [6, 6.07) is 48.0. The van der Waals surface area contributed by atoms with Crippen LogP contribution in [-0.2, 0) is 0 Å². The summed E-state index contributed by atoms with van der Waals surface area (Å²) in [4.78, 5) is 15.0. The van der Waals surface area contributed by atoms with Crippen molar-refractivity contribution in [2.45, 2.75) is 0 Å². The Kier molecular flexibility index (Phi) is 5.16. The lowest BCUT2D eigenvalue weighted by atomic mass is 9.92. The summed E-state index contributed by atoms with van der Waals surface area (Å²) in [7, 11) is 0. The molecular weight excluding hydrogens is 526 g/mol. The molecule has 0 aliphatic rings. The molecule has 0 saturated heterocycles. The fraction of sp³-hybridized carbons (Fsp3) is 0. The quantitative estimate of drug-likeness (QED) is 0.206. The van der Waals surface area contributed by atoms with Gasteiger partial charge in [0, 0.05) is 38.2 Å². The second-order valence-corrected chi connectivity index (χ2v) is 10.8. The molecule has 0 bridgehead atoms. The Labute approximate surface area is 246 Å². The molecule has 200 valence electrons. The van der Waals surface area contributed by atoms with Gasteiger partial charge in [-0.25, -0.2) is 15.0 Å². The van der Waals surface area contributed by atoms with E-state index in [0.717, 1.165) is 65.6 Å². The fourth-order valence-electron chi connectivity index (χ4n) is 6.30. The van der Waals surface area contributed by atoms with Crippen LogP contribution in [0, 0.1) is 0 Å². The van der Waals surface area contributed by atoms with E-state index >= 15 is 0 Å². The van der Waals surface area contributed by atoms with Gasteiger partial charge in [-0.1, -0.05) is 121 Å². The summed E-state index contributed by atoms with van der Waals surface area (Å²) in [6.07, 6.45) is 0. The Morgan fingerprint density at radius 1 is 0.395 bits per heavy atom. The zero-order valence-corrected chi connectivity index (χ0v) is 23.0. The van der Waals surface area contributed by atoms with Gasteiger partial charge in [-0.3, -0.25) is 0 Å². The van der Waals surface area contributed by atoms with E-state index < -0.39 is 0 Å². The number of hydrogen-bond acceptors (Lipinski definition) is 4. The SMILES string of the molecule is c1ccc(-c2nc(-c3ccccc3)nc(-c3cc4ccc5ccc6c7ccccc7oc6c5c4c4ccccc34)n2)cc1. The molecule has 0 radical (unpaired) electrons. The maximum atomic E-state index is 6.53. The molecule has 0 saturated carbocycles. The Morgan fingerprint density at radius 2 is 0.953 bits per heavy atom. The minimum absolute atomic E-state index is 0.646. The third kappa shape index (κ3) is 3.74. The van der Waals surface area contributed by atoms with Gasteiger partial charge in [-0.05, 0) is 39.7 Å². The number of aromatic nitrogens is 3. The van der Waals surface area contributed by atoms with E-state index in [-0.39, 0.29) is 0 Å². The van der Waals surface area contributed by atoms with Crippen molar-refractivity contribution < 1.29 is 4.42 Å². The Morgan fingerprint density at radius 3 is 1.67 bits per heavy atom. The first-order valence-corrected chi connectivity index (χ1v) is 14.4. The molecule has 0 fully saturated rings. The summed E-state index contributed by atoms with van der Waals surface area (Å²) >= 11 is 0. The van der Waals surface area contributed by atoms with Crippen LogP contribution >= 0.6 is 0 Å². The van der Waals surface area contributed by atoms with Crippen LogP contribution in [0.2, 0.25) is 0 Å². The van der Waals surface area contributed by atoms with E-state index in [0.29, 0.717) is 17.5 Å². The van der Waals surface area contributed by atoms with Gasteiger partial charge in [0.05, 0.1) is 0 Å². The third-order valence-corrected chi connectivity index (χ3v) is 8.29. The second kappa shape index (κ2) is 9.33. The van der Waals surface area contributed by atoms with Crippen LogP contribution in [0.25, 0.3) is 88.4 Å². The Hall–Kier alpha value is -5.87. The number of nitrogens with zero attached hydrogens (tertiary/aromatic N) is 3. The first kappa shape index (κ1) is 23.8. The first-order valence-electron chi connectivity index (χ1n) is 14.4. The van der Waals surface area contributed by atoms with Crippen molar-refractivity contribution in [3.8, 4) is 34.2 Å². The highest BCUT2D eigenvalue weighted by molar-refractivity contribution is 6.30. The average molecular weight is 550 g/mol. The highest BCUT2D eigenvalue weighted by Crippen LogP contribution is 2.42.